The van der Waals surface area contributed by atoms with Crippen LogP contribution in [-0.2, 0) is 0 Å². The van der Waals surface area contributed by atoms with Crippen molar-refractivity contribution in [1.29, 1.82) is 0 Å². The zero-order valence-corrected chi connectivity index (χ0v) is 12.8. The third-order valence-electron chi connectivity index (χ3n) is 2.82. The van der Waals surface area contributed by atoms with E-state index in [-0.39, 0.29) is 21.3 Å². The van der Waals surface area contributed by atoms with Crippen molar-refractivity contribution in [2.75, 3.05) is 5.43 Å². The molecule has 22 heavy (non-hydrogen) atoms. The molecule has 0 fully saturated rings. The first kappa shape index (κ1) is 16.2. The van der Waals surface area contributed by atoms with Gasteiger partial charge in [-0.25, -0.2) is 4.39 Å². The molecule has 0 unspecified atom stereocenters. The highest BCUT2D eigenvalue weighted by molar-refractivity contribution is 6.40. The van der Waals surface area contributed by atoms with Crippen molar-refractivity contribution in [3.8, 4) is 0 Å². The van der Waals surface area contributed by atoms with Crippen LogP contribution in [0.3, 0.4) is 0 Å². The largest absolute Gasteiger partial charge is 0.278 e. The van der Waals surface area contributed by atoms with Gasteiger partial charge in [0.05, 0.1) is 26.4 Å². The molecule has 0 amide bonds. The van der Waals surface area contributed by atoms with Crippen molar-refractivity contribution in [3.63, 3.8) is 0 Å². The smallest absolute Gasteiger partial charge is 0.271 e. The van der Waals surface area contributed by atoms with Crippen LogP contribution >= 0.6 is 23.2 Å². The highest BCUT2D eigenvalue weighted by Gasteiger charge is 2.13. The molecule has 0 aliphatic carbocycles. The number of nitro groups is 1. The summed E-state index contributed by atoms with van der Waals surface area (Å²) in [5.74, 6) is -0.606. The van der Waals surface area contributed by atoms with Crippen LogP contribution in [0.15, 0.2) is 41.5 Å². The van der Waals surface area contributed by atoms with Crippen LogP contribution < -0.4 is 5.43 Å². The normalized spacial score (nSPS) is 11.4. The molecule has 0 radical (unpaired) electrons. The summed E-state index contributed by atoms with van der Waals surface area (Å²) in [6.45, 7) is 1.59. The Morgan fingerprint density at radius 3 is 2.73 bits per heavy atom. The van der Waals surface area contributed by atoms with Gasteiger partial charge in [-0.15, -0.1) is 0 Å². The van der Waals surface area contributed by atoms with Gasteiger partial charge in [0.15, 0.2) is 0 Å². The standard InChI is InChI=1S/C14H10Cl2FN3O2/c1-8(13-11(15)5-6-12(17)14(13)16)18-19-9-3-2-4-10(7-9)20(21)22/h2-7,19H,1H3/b18-8-. The molecule has 0 bridgehead atoms. The Kier molecular flexibility index (Phi) is 4.95. The fraction of sp³-hybridized carbons (Fsp3) is 0.0714. The predicted molar refractivity (Wildman–Crippen MR) is 85.4 cm³/mol. The molecule has 0 heterocycles. The quantitative estimate of drug-likeness (QED) is 0.373. The van der Waals surface area contributed by atoms with E-state index in [1.165, 1.54) is 24.3 Å². The maximum absolute atomic E-state index is 13.5. The van der Waals surface area contributed by atoms with E-state index in [0.29, 0.717) is 11.4 Å². The number of benzene rings is 2. The molecular weight excluding hydrogens is 332 g/mol. The number of rotatable bonds is 4. The molecule has 0 atom stereocenters. The highest BCUT2D eigenvalue weighted by atomic mass is 35.5. The Bertz CT molecular complexity index is 766. The maximum atomic E-state index is 13.5. The van der Waals surface area contributed by atoms with Crippen LogP contribution in [-0.4, -0.2) is 10.6 Å². The lowest BCUT2D eigenvalue weighted by molar-refractivity contribution is -0.384. The zero-order valence-electron chi connectivity index (χ0n) is 11.3. The number of nitrogens with zero attached hydrogens (tertiary/aromatic N) is 2. The van der Waals surface area contributed by atoms with Gasteiger partial charge in [0.1, 0.15) is 5.82 Å². The predicted octanol–water partition coefficient (Wildman–Crippen LogP) is 4.88. The summed E-state index contributed by atoms with van der Waals surface area (Å²) in [5, 5.41) is 14.9. The molecule has 1 N–H and O–H groups in total. The summed E-state index contributed by atoms with van der Waals surface area (Å²) in [4.78, 5) is 10.2. The van der Waals surface area contributed by atoms with E-state index >= 15 is 0 Å². The van der Waals surface area contributed by atoms with Gasteiger partial charge in [0.2, 0.25) is 0 Å². The second-order valence-corrected chi connectivity index (χ2v) is 5.12. The van der Waals surface area contributed by atoms with Crippen LogP contribution in [0.4, 0.5) is 15.8 Å². The summed E-state index contributed by atoms with van der Waals surface area (Å²) in [5.41, 5.74) is 3.61. The molecule has 2 rings (SSSR count). The summed E-state index contributed by atoms with van der Waals surface area (Å²) in [6, 6.07) is 8.36. The van der Waals surface area contributed by atoms with Crippen molar-refractivity contribution < 1.29 is 9.31 Å². The second kappa shape index (κ2) is 6.72. The molecule has 0 aliphatic rings. The van der Waals surface area contributed by atoms with Gasteiger partial charge in [-0.3, -0.25) is 15.5 Å². The van der Waals surface area contributed by atoms with Crippen molar-refractivity contribution in [1.82, 2.24) is 0 Å². The second-order valence-electron chi connectivity index (χ2n) is 4.33. The number of hydrogen-bond acceptors (Lipinski definition) is 4. The topological polar surface area (TPSA) is 67.5 Å². The first-order valence-corrected chi connectivity index (χ1v) is 6.84. The minimum Gasteiger partial charge on any atom is -0.278 e. The molecule has 2 aromatic rings. The zero-order chi connectivity index (χ0) is 16.3. The first-order chi connectivity index (χ1) is 10.4. The van der Waals surface area contributed by atoms with Gasteiger partial charge in [0.25, 0.3) is 5.69 Å². The number of anilines is 1. The van der Waals surface area contributed by atoms with Gasteiger partial charge < -0.3 is 0 Å². The number of halogens is 3. The van der Waals surface area contributed by atoms with Gasteiger partial charge in [-0.2, -0.15) is 5.10 Å². The van der Waals surface area contributed by atoms with Gasteiger partial charge in [0, 0.05) is 17.7 Å². The van der Waals surface area contributed by atoms with E-state index in [4.69, 9.17) is 23.2 Å². The lowest BCUT2D eigenvalue weighted by atomic mass is 10.1. The van der Waals surface area contributed by atoms with Crippen LogP contribution in [0.1, 0.15) is 12.5 Å². The summed E-state index contributed by atoms with van der Waals surface area (Å²) < 4.78 is 13.5. The lowest BCUT2D eigenvalue weighted by Crippen LogP contribution is -2.03. The third-order valence-corrected chi connectivity index (χ3v) is 3.50. The van der Waals surface area contributed by atoms with Crippen molar-refractivity contribution in [2.24, 2.45) is 5.10 Å². The molecule has 0 aromatic heterocycles. The molecule has 2 aromatic carbocycles. The van der Waals surface area contributed by atoms with E-state index in [1.807, 2.05) is 0 Å². The Hall–Kier alpha value is -2.18. The van der Waals surface area contributed by atoms with Gasteiger partial charge in [-0.1, -0.05) is 29.3 Å². The third kappa shape index (κ3) is 3.52. The van der Waals surface area contributed by atoms with Gasteiger partial charge >= 0.3 is 0 Å². The lowest BCUT2D eigenvalue weighted by Gasteiger charge is -2.08. The minimum atomic E-state index is -0.606. The Balaban J connectivity index is 2.29. The van der Waals surface area contributed by atoms with E-state index in [1.54, 1.807) is 13.0 Å². The summed E-state index contributed by atoms with van der Waals surface area (Å²) >= 11 is 11.9. The molecular formula is C14H10Cl2FN3O2. The Labute approximate surface area is 135 Å². The van der Waals surface area contributed by atoms with E-state index in [9.17, 15) is 14.5 Å². The van der Waals surface area contributed by atoms with Crippen LogP contribution in [0.2, 0.25) is 10.0 Å². The molecule has 0 spiro atoms. The monoisotopic (exact) mass is 341 g/mol. The molecule has 0 saturated heterocycles. The number of hydrogen-bond donors (Lipinski definition) is 1. The number of non-ortho nitro benzene ring substituents is 1. The van der Waals surface area contributed by atoms with Crippen molar-refractivity contribution >= 4 is 40.3 Å². The average Bonchev–Trinajstić information content (AvgIpc) is 2.49. The first-order valence-electron chi connectivity index (χ1n) is 6.08. The van der Waals surface area contributed by atoms with Crippen molar-refractivity contribution in [2.45, 2.75) is 6.92 Å². The summed E-state index contributed by atoms with van der Waals surface area (Å²) in [7, 11) is 0. The van der Waals surface area contributed by atoms with Crippen LogP contribution in [0, 0.1) is 15.9 Å². The van der Waals surface area contributed by atoms with Gasteiger partial charge in [-0.05, 0) is 25.1 Å². The fourth-order valence-corrected chi connectivity index (χ4v) is 2.40. The number of hydrazone groups is 1. The maximum Gasteiger partial charge on any atom is 0.271 e. The van der Waals surface area contributed by atoms with E-state index < -0.39 is 10.7 Å². The molecule has 0 saturated carbocycles. The number of nitro benzene ring substituents is 1. The molecule has 5 nitrogen and oxygen atoms in total. The molecule has 0 aliphatic heterocycles. The highest BCUT2D eigenvalue weighted by Crippen LogP contribution is 2.28. The summed E-state index contributed by atoms with van der Waals surface area (Å²) in [6.07, 6.45) is 0. The minimum absolute atomic E-state index is 0.0697. The SMILES string of the molecule is C/C(=N/Nc1cccc([N+](=O)[O-])c1)c1c(Cl)ccc(F)c1Cl. The van der Waals surface area contributed by atoms with Crippen molar-refractivity contribution in [3.05, 3.63) is 67.9 Å². The van der Waals surface area contributed by atoms with E-state index in [0.717, 1.165) is 6.07 Å². The molecule has 8 heteroatoms. The Morgan fingerprint density at radius 2 is 2.05 bits per heavy atom. The van der Waals surface area contributed by atoms with Crippen LogP contribution in [0.5, 0.6) is 0 Å². The van der Waals surface area contributed by atoms with E-state index in [2.05, 4.69) is 10.5 Å². The van der Waals surface area contributed by atoms with Crippen LogP contribution in [0.25, 0.3) is 0 Å². The average molecular weight is 342 g/mol. The Morgan fingerprint density at radius 1 is 1.32 bits per heavy atom. The molecule has 114 valence electrons. The fourth-order valence-electron chi connectivity index (χ4n) is 1.75. The number of nitrogens with one attached hydrogen (secondary N) is 1.